The number of thiol groups is 1. The molecule has 2 heterocycles. The van der Waals surface area contributed by atoms with E-state index in [1.807, 2.05) is 11.8 Å². The molecular formula is C19H33N3O3S2. The summed E-state index contributed by atoms with van der Waals surface area (Å²) in [6.45, 7) is 0.744. The SMILES string of the molecule is O=C(CS)CCCCCCCNC(=O)CCCCC1SC[C@@H]2NC(=O)N[C@H]12. The topological polar surface area (TPSA) is 87.3 Å². The van der Waals surface area contributed by atoms with Gasteiger partial charge < -0.3 is 16.0 Å². The Bertz CT molecular complexity index is 505. The van der Waals surface area contributed by atoms with E-state index in [9.17, 15) is 14.4 Å². The van der Waals surface area contributed by atoms with Gasteiger partial charge in [0.25, 0.3) is 0 Å². The summed E-state index contributed by atoms with van der Waals surface area (Å²) < 4.78 is 0. The zero-order valence-corrected chi connectivity index (χ0v) is 17.7. The Labute approximate surface area is 172 Å². The standard InChI is InChI=1S/C19H33N3O3S2/c23-14(12-26)8-4-2-1-3-7-11-20-17(24)10-6-5-9-16-18-15(13-27-16)21-19(25)22-18/h15-16,18,26H,1-13H2,(H,20,24)(H2,21,22,25)/t15-,16?,18-/m0/s1. The van der Waals surface area contributed by atoms with E-state index in [4.69, 9.17) is 0 Å². The minimum absolute atomic E-state index is 0.0409. The fraction of sp³-hybridized carbons (Fsp3) is 0.842. The monoisotopic (exact) mass is 415 g/mol. The van der Waals surface area contributed by atoms with Gasteiger partial charge in [-0.1, -0.05) is 25.7 Å². The minimum atomic E-state index is -0.0409. The highest BCUT2D eigenvalue weighted by atomic mass is 32.2. The molecule has 0 aromatic rings. The van der Waals surface area contributed by atoms with E-state index in [1.165, 1.54) is 0 Å². The van der Waals surface area contributed by atoms with Gasteiger partial charge in [0.2, 0.25) is 5.91 Å². The number of rotatable bonds is 14. The zero-order valence-electron chi connectivity index (χ0n) is 16.0. The van der Waals surface area contributed by atoms with Gasteiger partial charge in [-0.2, -0.15) is 24.4 Å². The first kappa shape index (κ1) is 22.4. The third-order valence-electron chi connectivity index (χ3n) is 5.21. The summed E-state index contributed by atoms with van der Waals surface area (Å²) in [5.41, 5.74) is 0. The third kappa shape index (κ3) is 8.34. The Morgan fingerprint density at radius 3 is 2.59 bits per heavy atom. The second-order valence-corrected chi connectivity index (χ2v) is 9.02. The van der Waals surface area contributed by atoms with Gasteiger partial charge >= 0.3 is 6.03 Å². The van der Waals surface area contributed by atoms with E-state index in [1.54, 1.807) is 0 Å². The van der Waals surface area contributed by atoms with Crippen molar-refractivity contribution in [2.75, 3.05) is 18.1 Å². The summed E-state index contributed by atoms with van der Waals surface area (Å²) in [7, 11) is 0. The molecule has 0 aromatic heterocycles. The van der Waals surface area contributed by atoms with Gasteiger partial charge in [0, 0.05) is 36.1 Å². The molecule has 8 heteroatoms. The quantitative estimate of drug-likeness (QED) is 0.200. The van der Waals surface area contributed by atoms with Crippen molar-refractivity contribution in [1.82, 2.24) is 16.0 Å². The molecule has 3 N–H and O–H groups in total. The summed E-state index contributed by atoms with van der Waals surface area (Å²) in [5.74, 6) is 1.70. The average molecular weight is 416 g/mol. The first-order chi connectivity index (χ1) is 13.1. The highest BCUT2D eigenvalue weighted by molar-refractivity contribution is 8.00. The highest BCUT2D eigenvalue weighted by Gasteiger charge is 2.42. The van der Waals surface area contributed by atoms with Gasteiger partial charge in [-0.3, -0.25) is 9.59 Å². The van der Waals surface area contributed by atoms with Crippen molar-refractivity contribution in [3.8, 4) is 0 Å². The fourth-order valence-corrected chi connectivity index (χ4v) is 5.35. The van der Waals surface area contributed by atoms with Crippen LogP contribution in [0.15, 0.2) is 0 Å². The molecule has 0 saturated carbocycles. The molecule has 0 radical (unpaired) electrons. The molecule has 0 aromatic carbocycles. The fourth-order valence-electron chi connectivity index (χ4n) is 3.65. The van der Waals surface area contributed by atoms with Crippen LogP contribution in [0.25, 0.3) is 0 Å². The van der Waals surface area contributed by atoms with Crippen molar-refractivity contribution in [3.05, 3.63) is 0 Å². The molecule has 6 nitrogen and oxygen atoms in total. The van der Waals surface area contributed by atoms with E-state index in [0.717, 1.165) is 63.7 Å². The molecule has 27 heavy (non-hydrogen) atoms. The molecule has 3 atom stereocenters. The lowest BCUT2D eigenvalue weighted by Crippen LogP contribution is -2.36. The van der Waals surface area contributed by atoms with E-state index < -0.39 is 0 Å². The zero-order chi connectivity index (χ0) is 19.5. The molecule has 3 amide bonds. The summed E-state index contributed by atoms with van der Waals surface area (Å²) in [6, 6.07) is 0.493. The normalized spacial score (nSPS) is 23.6. The van der Waals surface area contributed by atoms with Crippen molar-refractivity contribution in [2.24, 2.45) is 0 Å². The van der Waals surface area contributed by atoms with Gasteiger partial charge in [0.05, 0.1) is 12.1 Å². The Hall–Kier alpha value is -0.890. The van der Waals surface area contributed by atoms with Gasteiger partial charge in [-0.15, -0.1) is 0 Å². The lowest BCUT2D eigenvalue weighted by molar-refractivity contribution is -0.121. The maximum Gasteiger partial charge on any atom is 0.315 e. The predicted octanol–water partition coefficient (Wildman–Crippen LogP) is 2.67. The van der Waals surface area contributed by atoms with E-state index >= 15 is 0 Å². The highest BCUT2D eigenvalue weighted by Crippen LogP contribution is 2.33. The van der Waals surface area contributed by atoms with Gasteiger partial charge in [-0.25, -0.2) is 4.79 Å². The number of unbranched alkanes of at least 4 members (excludes halogenated alkanes) is 5. The Kier molecular flexibility index (Phi) is 10.4. The summed E-state index contributed by atoms with van der Waals surface area (Å²) in [4.78, 5) is 34.4. The van der Waals surface area contributed by atoms with Crippen molar-refractivity contribution < 1.29 is 14.4 Å². The van der Waals surface area contributed by atoms with E-state index in [-0.39, 0.29) is 29.8 Å². The maximum absolute atomic E-state index is 11.9. The third-order valence-corrected chi connectivity index (χ3v) is 7.07. The molecule has 1 unspecified atom stereocenters. The van der Waals surface area contributed by atoms with Crippen LogP contribution >= 0.6 is 24.4 Å². The summed E-state index contributed by atoms with van der Waals surface area (Å²) in [6.07, 6.45) is 9.44. The number of ketones is 1. The van der Waals surface area contributed by atoms with Gasteiger partial charge in [0.1, 0.15) is 5.78 Å². The van der Waals surface area contributed by atoms with Crippen LogP contribution in [0.1, 0.15) is 64.2 Å². The van der Waals surface area contributed by atoms with E-state index in [2.05, 4.69) is 28.6 Å². The second-order valence-electron chi connectivity index (χ2n) is 7.43. The number of amides is 3. The molecule has 2 fully saturated rings. The van der Waals surface area contributed by atoms with Crippen LogP contribution in [0.4, 0.5) is 4.79 Å². The molecule has 2 rings (SSSR count). The first-order valence-corrected chi connectivity index (χ1v) is 11.9. The van der Waals surface area contributed by atoms with E-state index in [0.29, 0.717) is 23.8 Å². The molecule has 154 valence electrons. The Morgan fingerprint density at radius 2 is 1.78 bits per heavy atom. The van der Waals surface area contributed by atoms with Gasteiger partial charge in [0.15, 0.2) is 0 Å². The number of nitrogens with one attached hydrogen (secondary N) is 3. The van der Waals surface area contributed by atoms with Crippen LogP contribution in [0.3, 0.4) is 0 Å². The van der Waals surface area contributed by atoms with Crippen LogP contribution in [-0.2, 0) is 9.59 Å². The number of carbonyl (C=O) groups excluding carboxylic acids is 3. The van der Waals surface area contributed by atoms with Gasteiger partial charge in [-0.05, 0) is 25.7 Å². The predicted molar refractivity (Wildman–Crippen MR) is 114 cm³/mol. The van der Waals surface area contributed by atoms with Crippen LogP contribution < -0.4 is 16.0 Å². The number of urea groups is 1. The number of carbonyl (C=O) groups is 3. The van der Waals surface area contributed by atoms with Crippen LogP contribution in [0, 0.1) is 0 Å². The number of fused-ring (bicyclic) bond motifs is 1. The number of Topliss-reactive ketones (excluding diaryl/α,β-unsaturated/α-hetero) is 1. The second kappa shape index (κ2) is 12.5. The first-order valence-electron chi connectivity index (χ1n) is 10.2. The summed E-state index contributed by atoms with van der Waals surface area (Å²) >= 11 is 5.89. The lowest BCUT2D eigenvalue weighted by Gasteiger charge is -2.16. The number of hydrogen-bond donors (Lipinski definition) is 4. The molecule has 2 aliphatic rings. The average Bonchev–Trinajstić information content (AvgIpc) is 3.20. The molecule has 0 aliphatic carbocycles. The molecule has 0 spiro atoms. The summed E-state index contributed by atoms with van der Waals surface area (Å²) in [5, 5.41) is 9.43. The van der Waals surface area contributed by atoms with Crippen molar-refractivity contribution in [1.29, 1.82) is 0 Å². The van der Waals surface area contributed by atoms with Crippen molar-refractivity contribution >= 4 is 42.1 Å². The largest absolute Gasteiger partial charge is 0.356 e. The molecular weight excluding hydrogens is 382 g/mol. The lowest BCUT2D eigenvalue weighted by atomic mass is 10.0. The van der Waals surface area contributed by atoms with Crippen molar-refractivity contribution in [2.45, 2.75) is 81.5 Å². The maximum atomic E-state index is 11.9. The Balaban J connectivity index is 1.39. The van der Waals surface area contributed by atoms with Crippen LogP contribution in [0.5, 0.6) is 0 Å². The number of thioether (sulfide) groups is 1. The van der Waals surface area contributed by atoms with Crippen LogP contribution in [0.2, 0.25) is 0 Å². The molecule has 2 saturated heterocycles. The Morgan fingerprint density at radius 1 is 1.04 bits per heavy atom. The van der Waals surface area contributed by atoms with Crippen LogP contribution in [-0.4, -0.2) is 53.1 Å². The molecule has 0 bridgehead atoms. The number of hydrogen-bond acceptors (Lipinski definition) is 5. The minimum Gasteiger partial charge on any atom is -0.356 e. The van der Waals surface area contributed by atoms with Crippen molar-refractivity contribution in [3.63, 3.8) is 0 Å². The smallest absolute Gasteiger partial charge is 0.315 e. The molecule has 2 aliphatic heterocycles.